The van der Waals surface area contributed by atoms with Crippen LogP contribution in [0.3, 0.4) is 0 Å². The van der Waals surface area contributed by atoms with E-state index < -0.39 is 0 Å². The highest BCUT2D eigenvalue weighted by Crippen LogP contribution is 2.20. The van der Waals surface area contributed by atoms with E-state index in [1.54, 1.807) is 6.07 Å². The van der Waals surface area contributed by atoms with Crippen LogP contribution in [-0.4, -0.2) is 16.6 Å². The summed E-state index contributed by atoms with van der Waals surface area (Å²) in [4.78, 5) is 0. The molecule has 0 fully saturated rings. The third kappa shape index (κ3) is 3.93. The summed E-state index contributed by atoms with van der Waals surface area (Å²) in [5.41, 5.74) is 6.75. The van der Waals surface area contributed by atoms with Crippen LogP contribution in [0, 0.1) is 5.82 Å². The van der Waals surface area contributed by atoms with Crippen molar-refractivity contribution in [3.8, 4) is 0 Å². The number of nitrogens with two attached hydrogens (primary N) is 1. The first kappa shape index (κ1) is 16.4. The molecular weight excluding hydrogens is 257 g/mol. The molecule has 4 N–H and O–H groups in total. The Balaban J connectivity index is 2.90. The Kier molecular flexibility index (Phi) is 5.95. The van der Waals surface area contributed by atoms with Gasteiger partial charge in [0.15, 0.2) is 5.84 Å². The topological polar surface area (TPSA) is 70.6 Å². The molecule has 0 aliphatic carbocycles. The molecule has 0 amide bonds. The summed E-state index contributed by atoms with van der Waals surface area (Å²) in [7, 11) is 0. The van der Waals surface area contributed by atoms with Crippen molar-refractivity contribution in [2.75, 3.05) is 0 Å². The van der Waals surface area contributed by atoms with Crippen molar-refractivity contribution < 1.29 is 9.60 Å². The molecule has 0 unspecified atom stereocenters. The maximum Gasteiger partial charge on any atom is 0.170 e. The van der Waals surface area contributed by atoms with Crippen LogP contribution in [0.1, 0.15) is 51.2 Å². The lowest BCUT2D eigenvalue weighted by Gasteiger charge is -2.32. The van der Waals surface area contributed by atoms with E-state index in [2.05, 4.69) is 31.2 Å². The molecule has 5 heteroatoms. The first-order valence-corrected chi connectivity index (χ1v) is 7.02. The van der Waals surface area contributed by atoms with Gasteiger partial charge in [-0.15, -0.1) is 0 Å². The molecule has 20 heavy (non-hydrogen) atoms. The molecular formula is C15H24FN3O. The summed E-state index contributed by atoms with van der Waals surface area (Å²) in [6.07, 6.45) is 3.05. The minimum atomic E-state index is -0.388. The lowest BCUT2D eigenvalue weighted by atomic mass is 9.89. The standard InChI is InChI=1S/C15H24FN3O/c1-4-15(5-2,6-3)18-10-11-7-12(14(17)19-20)9-13(16)8-11/h7-9,18,20H,4-6,10H2,1-3H3,(H2,17,19). The predicted octanol–water partition coefficient (Wildman–Crippen LogP) is 2.98. The summed E-state index contributed by atoms with van der Waals surface area (Å²) in [5, 5.41) is 15.1. The molecule has 0 radical (unpaired) electrons. The van der Waals surface area contributed by atoms with Gasteiger partial charge >= 0.3 is 0 Å². The van der Waals surface area contributed by atoms with Crippen LogP contribution >= 0.6 is 0 Å². The van der Waals surface area contributed by atoms with Gasteiger partial charge in [0.2, 0.25) is 0 Å². The number of rotatable bonds is 7. The first-order valence-electron chi connectivity index (χ1n) is 7.02. The first-order chi connectivity index (χ1) is 9.50. The molecule has 0 saturated heterocycles. The van der Waals surface area contributed by atoms with Crippen LogP contribution < -0.4 is 11.1 Å². The van der Waals surface area contributed by atoms with Crippen molar-refractivity contribution in [1.82, 2.24) is 5.32 Å². The molecule has 0 heterocycles. The zero-order valence-corrected chi connectivity index (χ0v) is 12.4. The van der Waals surface area contributed by atoms with Crippen molar-refractivity contribution >= 4 is 5.84 Å². The van der Waals surface area contributed by atoms with Gasteiger partial charge < -0.3 is 16.3 Å². The highest BCUT2D eigenvalue weighted by atomic mass is 19.1. The molecule has 0 atom stereocenters. The van der Waals surface area contributed by atoms with Crippen molar-refractivity contribution in [2.45, 2.75) is 52.1 Å². The van der Waals surface area contributed by atoms with Gasteiger partial charge in [-0.05, 0) is 43.0 Å². The van der Waals surface area contributed by atoms with Gasteiger partial charge in [-0.1, -0.05) is 25.9 Å². The number of hydrogen-bond donors (Lipinski definition) is 3. The maximum atomic E-state index is 13.6. The molecule has 1 aromatic carbocycles. The van der Waals surface area contributed by atoms with E-state index in [9.17, 15) is 4.39 Å². The van der Waals surface area contributed by atoms with Crippen molar-refractivity contribution in [1.29, 1.82) is 0 Å². The van der Waals surface area contributed by atoms with Crippen LogP contribution in [0.4, 0.5) is 4.39 Å². The molecule has 0 saturated carbocycles. The van der Waals surface area contributed by atoms with Gasteiger partial charge in [0, 0.05) is 17.6 Å². The predicted molar refractivity (Wildman–Crippen MR) is 79.4 cm³/mol. The van der Waals surface area contributed by atoms with E-state index in [1.165, 1.54) is 12.1 Å². The Hall–Kier alpha value is -1.62. The molecule has 0 spiro atoms. The second kappa shape index (κ2) is 7.24. The van der Waals surface area contributed by atoms with Gasteiger partial charge in [-0.25, -0.2) is 4.39 Å². The summed E-state index contributed by atoms with van der Waals surface area (Å²) >= 11 is 0. The second-order valence-corrected chi connectivity index (χ2v) is 5.03. The summed E-state index contributed by atoms with van der Waals surface area (Å²) in [5.74, 6) is -0.473. The molecule has 0 aromatic heterocycles. The zero-order chi connectivity index (χ0) is 15.2. The lowest BCUT2D eigenvalue weighted by Crippen LogP contribution is -2.43. The Bertz CT molecular complexity index is 462. The van der Waals surface area contributed by atoms with E-state index in [4.69, 9.17) is 10.9 Å². The van der Waals surface area contributed by atoms with Crippen LogP contribution in [-0.2, 0) is 6.54 Å². The second-order valence-electron chi connectivity index (χ2n) is 5.03. The highest BCUT2D eigenvalue weighted by Gasteiger charge is 2.22. The molecule has 112 valence electrons. The summed E-state index contributed by atoms with van der Waals surface area (Å²) < 4.78 is 13.6. The average Bonchev–Trinajstić information content (AvgIpc) is 2.48. The number of hydrogen-bond acceptors (Lipinski definition) is 3. The molecule has 1 rings (SSSR count). The summed E-state index contributed by atoms with van der Waals surface area (Å²) in [6.45, 7) is 6.99. The number of nitrogens with zero attached hydrogens (tertiary/aromatic N) is 1. The van der Waals surface area contributed by atoms with Crippen molar-refractivity contribution in [3.05, 3.63) is 35.1 Å². The quantitative estimate of drug-likeness (QED) is 0.311. The normalized spacial score (nSPS) is 12.7. The molecule has 4 nitrogen and oxygen atoms in total. The van der Waals surface area contributed by atoms with Crippen LogP contribution in [0.5, 0.6) is 0 Å². The van der Waals surface area contributed by atoms with Crippen LogP contribution in [0.25, 0.3) is 0 Å². The average molecular weight is 281 g/mol. The fourth-order valence-electron chi connectivity index (χ4n) is 2.37. The number of oxime groups is 1. The largest absolute Gasteiger partial charge is 0.409 e. The monoisotopic (exact) mass is 281 g/mol. The number of amidine groups is 1. The molecule has 0 bridgehead atoms. The Morgan fingerprint density at radius 3 is 2.35 bits per heavy atom. The highest BCUT2D eigenvalue weighted by molar-refractivity contribution is 5.97. The lowest BCUT2D eigenvalue weighted by molar-refractivity contribution is 0.288. The van der Waals surface area contributed by atoms with E-state index >= 15 is 0 Å². The Morgan fingerprint density at radius 1 is 1.25 bits per heavy atom. The zero-order valence-electron chi connectivity index (χ0n) is 12.4. The van der Waals surface area contributed by atoms with Gasteiger partial charge in [0.25, 0.3) is 0 Å². The third-order valence-electron chi connectivity index (χ3n) is 4.06. The van der Waals surface area contributed by atoms with E-state index in [-0.39, 0.29) is 17.2 Å². The molecule has 0 aliphatic rings. The molecule has 1 aromatic rings. The Labute approximate surface area is 119 Å². The minimum absolute atomic E-state index is 0.0725. The fourth-order valence-corrected chi connectivity index (χ4v) is 2.37. The van der Waals surface area contributed by atoms with Crippen molar-refractivity contribution in [2.24, 2.45) is 10.9 Å². The van der Waals surface area contributed by atoms with Gasteiger partial charge in [-0.2, -0.15) is 0 Å². The Morgan fingerprint density at radius 2 is 1.85 bits per heavy atom. The van der Waals surface area contributed by atoms with Crippen LogP contribution in [0.15, 0.2) is 23.4 Å². The smallest absolute Gasteiger partial charge is 0.170 e. The SMILES string of the molecule is CCC(CC)(CC)NCc1cc(F)cc(/C(N)=N/O)c1. The van der Waals surface area contributed by atoms with Crippen LogP contribution in [0.2, 0.25) is 0 Å². The maximum absolute atomic E-state index is 13.6. The fraction of sp³-hybridized carbons (Fsp3) is 0.533. The van der Waals surface area contributed by atoms with E-state index in [1.807, 2.05) is 0 Å². The van der Waals surface area contributed by atoms with Gasteiger partial charge in [0.1, 0.15) is 5.82 Å². The van der Waals surface area contributed by atoms with E-state index in [0.717, 1.165) is 24.8 Å². The number of benzene rings is 1. The van der Waals surface area contributed by atoms with Gasteiger partial charge in [0.05, 0.1) is 0 Å². The third-order valence-corrected chi connectivity index (χ3v) is 4.06. The van der Waals surface area contributed by atoms with E-state index in [0.29, 0.717) is 12.1 Å². The minimum Gasteiger partial charge on any atom is -0.409 e. The number of halogens is 1. The molecule has 0 aliphatic heterocycles. The van der Waals surface area contributed by atoms with Gasteiger partial charge in [-0.3, -0.25) is 0 Å². The number of nitrogens with one attached hydrogen (secondary N) is 1. The van der Waals surface area contributed by atoms with Crippen molar-refractivity contribution in [3.63, 3.8) is 0 Å². The summed E-state index contributed by atoms with van der Waals surface area (Å²) in [6, 6.07) is 4.45.